The molecule has 2 amide bonds. The average molecular weight is 439 g/mol. The molecule has 0 saturated heterocycles. The van der Waals surface area contributed by atoms with E-state index in [0.29, 0.717) is 5.56 Å². The van der Waals surface area contributed by atoms with E-state index in [-0.39, 0.29) is 18.1 Å². The maximum absolute atomic E-state index is 13.0. The summed E-state index contributed by atoms with van der Waals surface area (Å²) in [5, 5.41) is 15.5. The number of benzene rings is 1. The highest BCUT2D eigenvalue weighted by Gasteiger charge is 2.31. The second-order valence-electron chi connectivity index (χ2n) is 7.60. The summed E-state index contributed by atoms with van der Waals surface area (Å²) in [6.07, 6.45) is 1.47. The van der Waals surface area contributed by atoms with E-state index >= 15 is 0 Å². The normalized spacial score (nSPS) is 11.1. The fraction of sp³-hybridized carbons (Fsp3) is 0.227. The van der Waals surface area contributed by atoms with Crippen LogP contribution in [0.5, 0.6) is 5.75 Å². The lowest BCUT2D eigenvalue weighted by Crippen LogP contribution is -2.46. The van der Waals surface area contributed by atoms with Crippen molar-refractivity contribution in [3.05, 3.63) is 87.6 Å². The lowest BCUT2D eigenvalue weighted by molar-refractivity contribution is 0.0901. The van der Waals surface area contributed by atoms with Crippen LogP contribution < -0.4 is 16.2 Å². The largest absolute Gasteiger partial charge is 0.501 e. The predicted molar refractivity (Wildman–Crippen MR) is 113 cm³/mol. The number of nitrogens with one attached hydrogen (secondary N) is 2. The molecule has 3 N–H and O–H groups in total. The standard InChI is InChI=1S/C22H22FN5O4/c1-22(2,27-18(30)15-6-4-5-11-24-15)21-26-16(17(29)20(32)28(21)3)19(31)25-12-13-7-9-14(23)10-8-13/h4-11,29H,12H2,1-3H3,(H,25,31)(H,27,30). The Balaban J connectivity index is 1.88. The van der Waals surface area contributed by atoms with E-state index in [0.717, 1.165) is 4.57 Å². The summed E-state index contributed by atoms with van der Waals surface area (Å²) in [6, 6.07) is 10.4. The quantitative estimate of drug-likeness (QED) is 0.536. The van der Waals surface area contributed by atoms with Gasteiger partial charge in [0, 0.05) is 19.8 Å². The molecule has 3 rings (SSSR count). The van der Waals surface area contributed by atoms with Crippen LogP contribution in [0.25, 0.3) is 0 Å². The first-order valence-corrected chi connectivity index (χ1v) is 9.67. The first-order valence-electron chi connectivity index (χ1n) is 9.67. The van der Waals surface area contributed by atoms with E-state index in [1.807, 2.05) is 0 Å². The number of aromatic hydroxyl groups is 1. The number of halogens is 1. The van der Waals surface area contributed by atoms with Crippen LogP contribution in [0, 0.1) is 5.82 Å². The van der Waals surface area contributed by atoms with Crippen molar-refractivity contribution in [3.63, 3.8) is 0 Å². The first-order chi connectivity index (χ1) is 15.1. The highest BCUT2D eigenvalue weighted by atomic mass is 19.1. The molecule has 0 unspecified atom stereocenters. The Morgan fingerprint density at radius 3 is 2.44 bits per heavy atom. The Hall–Kier alpha value is -4.08. The highest BCUT2D eigenvalue weighted by molar-refractivity contribution is 5.95. The molecule has 2 heterocycles. The number of aromatic nitrogens is 3. The summed E-state index contributed by atoms with van der Waals surface area (Å²) in [5.74, 6) is -2.47. The van der Waals surface area contributed by atoms with E-state index in [4.69, 9.17) is 0 Å². The number of rotatable bonds is 6. The summed E-state index contributed by atoms with van der Waals surface area (Å²) in [5.41, 5.74) is -1.73. The second-order valence-corrected chi connectivity index (χ2v) is 7.60. The Kier molecular flexibility index (Phi) is 6.33. The lowest BCUT2D eigenvalue weighted by Gasteiger charge is -2.27. The molecule has 0 radical (unpaired) electrons. The number of hydrogen-bond donors (Lipinski definition) is 3. The van der Waals surface area contributed by atoms with Gasteiger partial charge in [0.1, 0.15) is 17.3 Å². The van der Waals surface area contributed by atoms with Crippen molar-refractivity contribution in [2.45, 2.75) is 25.9 Å². The maximum Gasteiger partial charge on any atom is 0.296 e. The molecule has 0 aliphatic heterocycles. The molecule has 10 heteroatoms. The molecule has 0 fully saturated rings. The van der Waals surface area contributed by atoms with Crippen LogP contribution in [-0.4, -0.2) is 31.5 Å². The molecule has 0 atom stereocenters. The van der Waals surface area contributed by atoms with Gasteiger partial charge in [0.25, 0.3) is 17.4 Å². The van der Waals surface area contributed by atoms with Crippen LogP contribution >= 0.6 is 0 Å². The fourth-order valence-electron chi connectivity index (χ4n) is 3.08. The molecule has 0 bridgehead atoms. The molecule has 1 aromatic carbocycles. The van der Waals surface area contributed by atoms with Crippen LogP contribution in [0.15, 0.2) is 53.5 Å². The van der Waals surface area contributed by atoms with Crippen molar-refractivity contribution in [2.75, 3.05) is 0 Å². The molecular formula is C22H22FN5O4. The minimum atomic E-state index is -1.19. The molecule has 3 aromatic rings. The zero-order valence-corrected chi connectivity index (χ0v) is 17.7. The van der Waals surface area contributed by atoms with Gasteiger partial charge in [0.15, 0.2) is 5.69 Å². The van der Waals surface area contributed by atoms with Gasteiger partial charge in [0.05, 0.1) is 5.54 Å². The van der Waals surface area contributed by atoms with Gasteiger partial charge in [-0.15, -0.1) is 0 Å². The van der Waals surface area contributed by atoms with E-state index in [9.17, 15) is 23.9 Å². The zero-order chi connectivity index (χ0) is 23.5. The van der Waals surface area contributed by atoms with Crippen molar-refractivity contribution in [3.8, 4) is 5.75 Å². The Morgan fingerprint density at radius 1 is 1.12 bits per heavy atom. The number of carbonyl (C=O) groups is 2. The maximum atomic E-state index is 13.0. The minimum Gasteiger partial charge on any atom is -0.501 e. The van der Waals surface area contributed by atoms with Gasteiger partial charge in [0.2, 0.25) is 5.75 Å². The number of nitrogens with zero attached hydrogens (tertiary/aromatic N) is 3. The molecule has 0 aliphatic carbocycles. The van der Waals surface area contributed by atoms with E-state index < -0.39 is 40.2 Å². The van der Waals surface area contributed by atoms with Gasteiger partial charge in [-0.1, -0.05) is 18.2 Å². The van der Waals surface area contributed by atoms with Gasteiger partial charge < -0.3 is 15.7 Å². The summed E-state index contributed by atoms with van der Waals surface area (Å²) >= 11 is 0. The van der Waals surface area contributed by atoms with Crippen LogP contribution in [0.4, 0.5) is 4.39 Å². The molecule has 0 spiro atoms. The van der Waals surface area contributed by atoms with Crippen LogP contribution in [-0.2, 0) is 19.1 Å². The van der Waals surface area contributed by atoms with Crippen molar-refractivity contribution >= 4 is 11.8 Å². The number of carbonyl (C=O) groups excluding carboxylic acids is 2. The Labute approximate surface area is 183 Å². The molecule has 0 saturated carbocycles. The SMILES string of the molecule is Cn1c(C(C)(C)NC(=O)c2ccccn2)nc(C(=O)NCc2ccc(F)cc2)c(O)c1=O. The molecule has 2 aromatic heterocycles. The second kappa shape index (κ2) is 8.96. The van der Waals surface area contributed by atoms with Crippen molar-refractivity contribution in [1.82, 2.24) is 25.2 Å². The monoisotopic (exact) mass is 439 g/mol. The molecule has 0 aliphatic rings. The van der Waals surface area contributed by atoms with Crippen LogP contribution in [0.3, 0.4) is 0 Å². The van der Waals surface area contributed by atoms with Gasteiger partial charge in [-0.05, 0) is 43.7 Å². The topological polar surface area (TPSA) is 126 Å². The third-order valence-corrected chi connectivity index (χ3v) is 4.73. The average Bonchev–Trinajstić information content (AvgIpc) is 2.77. The summed E-state index contributed by atoms with van der Waals surface area (Å²) in [6.45, 7) is 3.24. The first kappa shape index (κ1) is 22.6. The number of amides is 2. The zero-order valence-electron chi connectivity index (χ0n) is 17.7. The molecule has 9 nitrogen and oxygen atoms in total. The number of pyridine rings is 1. The minimum absolute atomic E-state index is 0.0323. The van der Waals surface area contributed by atoms with Crippen LogP contribution in [0.2, 0.25) is 0 Å². The van der Waals surface area contributed by atoms with E-state index in [1.165, 1.54) is 43.6 Å². The number of hydrogen-bond acceptors (Lipinski definition) is 6. The molecular weight excluding hydrogens is 417 g/mol. The van der Waals surface area contributed by atoms with Gasteiger partial charge in [-0.25, -0.2) is 9.37 Å². The third-order valence-electron chi connectivity index (χ3n) is 4.73. The Morgan fingerprint density at radius 2 is 1.81 bits per heavy atom. The Bertz CT molecular complexity index is 1210. The van der Waals surface area contributed by atoms with Gasteiger partial charge >= 0.3 is 0 Å². The van der Waals surface area contributed by atoms with E-state index in [1.54, 1.807) is 26.0 Å². The van der Waals surface area contributed by atoms with E-state index in [2.05, 4.69) is 20.6 Å². The smallest absolute Gasteiger partial charge is 0.296 e. The van der Waals surface area contributed by atoms with Crippen molar-refractivity contribution < 1.29 is 19.1 Å². The third kappa shape index (κ3) is 4.80. The fourth-order valence-corrected chi connectivity index (χ4v) is 3.08. The van der Waals surface area contributed by atoms with Gasteiger partial charge in [-0.3, -0.25) is 23.9 Å². The van der Waals surface area contributed by atoms with Crippen molar-refractivity contribution in [2.24, 2.45) is 7.05 Å². The lowest BCUT2D eigenvalue weighted by atomic mass is 10.0. The van der Waals surface area contributed by atoms with Crippen LogP contribution in [0.1, 0.15) is 46.2 Å². The molecule has 32 heavy (non-hydrogen) atoms. The highest BCUT2D eigenvalue weighted by Crippen LogP contribution is 2.20. The summed E-state index contributed by atoms with van der Waals surface area (Å²) in [7, 11) is 1.37. The van der Waals surface area contributed by atoms with Crippen molar-refractivity contribution in [1.29, 1.82) is 0 Å². The summed E-state index contributed by atoms with van der Waals surface area (Å²) in [4.78, 5) is 45.9. The summed E-state index contributed by atoms with van der Waals surface area (Å²) < 4.78 is 14.1. The predicted octanol–water partition coefficient (Wildman–Crippen LogP) is 1.62. The van der Waals surface area contributed by atoms with Gasteiger partial charge in [-0.2, -0.15) is 0 Å². The molecule has 166 valence electrons.